The molecule has 1 unspecified atom stereocenters. The van der Waals surface area contributed by atoms with Crippen molar-refractivity contribution in [2.75, 3.05) is 26.4 Å². The molecule has 0 saturated carbocycles. The third-order valence-corrected chi connectivity index (χ3v) is 3.11. The van der Waals surface area contributed by atoms with Crippen LogP contribution in [-0.4, -0.2) is 37.5 Å². The predicted octanol–water partition coefficient (Wildman–Crippen LogP) is 1.58. The number of para-hydroxylation sites is 1. The van der Waals surface area contributed by atoms with Crippen LogP contribution in [0.2, 0.25) is 0 Å². The van der Waals surface area contributed by atoms with Crippen LogP contribution in [0.25, 0.3) is 0 Å². The molecule has 1 aromatic carbocycles. The van der Waals surface area contributed by atoms with Gasteiger partial charge in [-0.1, -0.05) is 26.0 Å². The standard InChI is InChI=1S/C14H23N3O/c1-10(2)13(17(3)4)9-16-14(18)11-7-5-6-8-12(11)15/h5-8,10,13H,9,15H2,1-4H3,(H,16,18). The number of benzene rings is 1. The van der Waals surface area contributed by atoms with E-state index in [2.05, 4.69) is 24.1 Å². The van der Waals surface area contributed by atoms with E-state index in [4.69, 9.17) is 5.73 Å². The van der Waals surface area contributed by atoms with Crippen LogP contribution in [0.4, 0.5) is 5.69 Å². The van der Waals surface area contributed by atoms with Crippen molar-refractivity contribution in [3.8, 4) is 0 Å². The Bertz CT molecular complexity index is 394. The number of carbonyl (C=O) groups is 1. The highest BCUT2D eigenvalue weighted by molar-refractivity contribution is 5.99. The Morgan fingerprint density at radius 2 is 1.94 bits per heavy atom. The molecule has 0 bridgehead atoms. The molecule has 0 heterocycles. The van der Waals surface area contributed by atoms with Crippen LogP contribution in [0.3, 0.4) is 0 Å². The quantitative estimate of drug-likeness (QED) is 0.779. The van der Waals surface area contributed by atoms with Gasteiger partial charge in [0, 0.05) is 18.3 Å². The first kappa shape index (κ1) is 14.5. The lowest BCUT2D eigenvalue weighted by Crippen LogP contribution is -2.43. The average molecular weight is 249 g/mol. The molecule has 4 heteroatoms. The summed E-state index contributed by atoms with van der Waals surface area (Å²) < 4.78 is 0. The number of nitrogens with zero attached hydrogens (tertiary/aromatic N) is 1. The normalized spacial score (nSPS) is 12.8. The van der Waals surface area contributed by atoms with Crippen molar-refractivity contribution in [1.29, 1.82) is 0 Å². The number of rotatable bonds is 5. The molecule has 0 saturated heterocycles. The Morgan fingerprint density at radius 1 is 1.33 bits per heavy atom. The van der Waals surface area contributed by atoms with Gasteiger partial charge in [-0.3, -0.25) is 4.79 Å². The number of anilines is 1. The van der Waals surface area contributed by atoms with E-state index in [-0.39, 0.29) is 5.91 Å². The van der Waals surface area contributed by atoms with Crippen LogP contribution < -0.4 is 11.1 Å². The van der Waals surface area contributed by atoms with Crippen LogP contribution in [0.5, 0.6) is 0 Å². The van der Waals surface area contributed by atoms with E-state index >= 15 is 0 Å². The Hall–Kier alpha value is -1.55. The van der Waals surface area contributed by atoms with Crippen LogP contribution in [-0.2, 0) is 0 Å². The van der Waals surface area contributed by atoms with Crippen molar-refractivity contribution in [3.05, 3.63) is 29.8 Å². The van der Waals surface area contributed by atoms with Crippen LogP contribution in [0.1, 0.15) is 24.2 Å². The van der Waals surface area contributed by atoms with Gasteiger partial charge in [-0.15, -0.1) is 0 Å². The summed E-state index contributed by atoms with van der Waals surface area (Å²) in [6.45, 7) is 4.92. The van der Waals surface area contributed by atoms with E-state index < -0.39 is 0 Å². The van der Waals surface area contributed by atoms with Crippen LogP contribution in [0, 0.1) is 5.92 Å². The van der Waals surface area contributed by atoms with Gasteiger partial charge in [-0.25, -0.2) is 0 Å². The SMILES string of the molecule is CC(C)C(CNC(=O)c1ccccc1N)N(C)C. The van der Waals surface area contributed by atoms with E-state index in [0.29, 0.717) is 29.8 Å². The molecule has 3 N–H and O–H groups in total. The van der Waals surface area contributed by atoms with E-state index in [0.717, 1.165) is 0 Å². The second-order valence-corrected chi connectivity index (χ2v) is 5.07. The van der Waals surface area contributed by atoms with Crippen molar-refractivity contribution < 1.29 is 4.79 Å². The summed E-state index contributed by atoms with van der Waals surface area (Å²) in [6, 6.07) is 7.43. The lowest BCUT2D eigenvalue weighted by molar-refractivity contribution is 0.0935. The van der Waals surface area contributed by atoms with Crippen molar-refractivity contribution in [3.63, 3.8) is 0 Å². The number of nitrogens with one attached hydrogen (secondary N) is 1. The first-order chi connectivity index (χ1) is 8.43. The fourth-order valence-electron chi connectivity index (χ4n) is 2.01. The topological polar surface area (TPSA) is 58.4 Å². The van der Waals surface area contributed by atoms with Gasteiger partial charge in [-0.2, -0.15) is 0 Å². The number of nitrogen functional groups attached to an aromatic ring is 1. The Labute approximate surface area is 109 Å². The maximum Gasteiger partial charge on any atom is 0.253 e. The monoisotopic (exact) mass is 249 g/mol. The zero-order valence-corrected chi connectivity index (χ0v) is 11.6. The van der Waals surface area contributed by atoms with Crippen LogP contribution in [0.15, 0.2) is 24.3 Å². The molecular formula is C14H23N3O. The summed E-state index contributed by atoms with van der Waals surface area (Å²) in [5.41, 5.74) is 6.83. The van der Waals surface area contributed by atoms with E-state index in [1.54, 1.807) is 12.1 Å². The molecule has 0 aliphatic carbocycles. The molecule has 0 radical (unpaired) electrons. The first-order valence-corrected chi connectivity index (χ1v) is 6.22. The van der Waals surface area contributed by atoms with Gasteiger partial charge in [-0.05, 0) is 32.1 Å². The van der Waals surface area contributed by atoms with Crippen LogP contribution >= 0.6 is 0 Å². The van der Waals surface area contributed by atoms with E-state index in [9.17, 15) is 4.79 Å². The summed E-state index contributed by atoms with van der Waals surface area (Å²) in [6.07, 6.45) is 0. The minimum absolute atomic E-state index is 0.111. The van der Waals surface area contributed by atoms with Gasteiger partial charge in [0.25, 0.3) is 5.91 Å². The lowest BCUT2D eigenvalue weighted by Gasteiger charge is -2.28. The minimum Gasteiger partial charge on any atom is -0.398 e. The number of likely N-dealkylation sites (N-methyl/N-ethyl adjacent to an activating group) is 1. The van der Waals surface area contributed by atoms with Crippen molar-refractivity contribution >= 4 is 11.6 Å². The summed E-state index contributed by atoms with van der Waals surface area (Å²) in [5, 5.41) is 2.94. The smallest absolute Gasteiger partial charge is 0.253 e. The molecule has 1 amide bonds. The van der Waals surface area contributed by atoms with Gasteiger partial charge < -0.3 is 16.0 Å². The second kappa shape index (κ2) is 6.40. The van der Waals surface area contributed by atoms with Gasteiger partial charge in [0.15, 0.2) is 0 Å². The largest absolute Gasteiger partial charge is 0.398 e. The zero-order chi connectivity index (χ0) is 13.7. The molecule has 0 aromatic heterocycles. The summed E-state index contributed by atoms with van der Waals surface area (Å²) >= 11 is 0. The van der Waals surface area contributed by atoms with Crippen molar-refractivity contribution in [2.45, 2.75) is 19.9 Å². The fraction of sp³-hybridized carbons (Fsp3) is 0.500. The highest BCUT2D eigenvalue weighted by atomic mass is 16.1. The third-order valence-electron chi connectivity index (χ3n) is 3.11. The zero-order valence-electron chi connectivity index (χ0n) is 11.6. The fourth-order valence-corrected chi connectivity index (χ4v) is 2.01. The number of hydrogen-bond acceptors (Lipinski definition) is 3. The molecule has 0 fully saturated rings. The summed E-state index contributed by atoms with van der Waals surface area (Å²) in [5.74, 6) is 0.369. The number of hydrogen-bond donors (Lipinski definition) is 2. The summed E-state index contributed by atoms with van der Waals surface area (Å²) in [4.78, 5) is 14.1. The van der Waals surface area contributed by atoms with Crippen molar-refractivity contribution in [2.24, 2.45) is 5.92 Å². The summed E-state index contributed by atoms with van der Waals surface area (Å²) in [7, 11) is 4.04. The maximum atomic E-state index is 12.0. The van der Waals surface area contributed by atoms with Gasteiger partial charge >= 0.3 is 0 Å². The average Bonchev–Trinajstić information content (AvgIpc) is 2.28. The Kier molecular flexibility index (Phi) is 5.16. The number of nitrogens with two attached hydrogens (primary N) is 1. The van der Waals surface area contributed by atoms with E-state index in [1.807, 2.05) is 26.2 Å². The molecule has 18 heavy (non-hydrogen) atoms. The second-order valence-electron chi connectivity index (χ2n) is 5.07. The Morgan fingerprint density at radius 3 is 2.44 bits per heavy atom. The number of amides is 1. The van der Waals surface area contributed by atoms with E-state index in [1.165, 1.54) is 0 Å². The molecule has 0 aliphatic heterocycles. The van der Waals surface area contributed by atoms with Gasteiger partial charge in [0.1, 0.15) is 0 Å². The Balaban J connectivity index is 2.64. The molecule has 0 spiro atoms. The van der Waals surface area contributed by atoms with Gasteiger partial charge in [0.05, 0.1) is 5.56 Å². The minimum atomic E-state index is -0.111. The lowest BCUT2D eigenvalue weighted by atomic mass is 10.0. The predicted molar refractivity (Wildman–Crippen MR) is 75.5 cm³/mol. The molecule has 1 aromatic rings. The number of carbonyl (C=O) groups excluding carboxylic acids is 1. The molecular weight excluding hydrogens is 226 g/mol. The highest BCUT2D eigenvalue weighted by Crippen LogP contribution is 2.11. The molecule has 1 rings (SSSR count). The molecule has 4 nitrogen and oxygen atoms in total. The van der Waals surface area contributed by atoms with Crippen molar-refractivity contribution in [1.82, 2.24) is 10.2 Å². The molecule has 100 valence electrons. The molecule has 0 aliphatic rings. The highest BCUT2D eigenvalue weighted by Gasteiger charge is 2.17. The third kappa shape index (κ3) is 3.74. The maximum absolute atomic E-state index is 12.0. The molecule has 1 atom stereocenters. The first-order valence-electron chi connectivity index (χ1n) is 6.22. The van der Waals surface area contributed by atoms with Gasteiger partial charge in [0.2, 0.25) is 0 Å².